The van der Waals surface area contributed by atoms with Gasteiger partial charge < -0.3 is 15.2 Å². The first-order valence-electron chi connectivity index (χ1n) is 8.29. The van der Waals surface area contributed by atoms with E-state index in [4.69, 9.17) is 16.3 Å². The molecule has 25 heavy (non-hydrogen) atoms. The van der Waals surface area contributed by atoms with E-state index in [-0.39, 0.29) is 12.2 Å². The van der Waals surface area contributed by atoms with Gasteiger partial charge in [0.15, 0.2) is 0 Å². The van der Waals surface area contributed by atoms with Crippen LogP contribution in [0.25, 0.3) is 10.8 Å². The molecule has 0 radical (unpaired) electrons. The van der Waals surface area contributed by atoms with Crippen molar-refractivity contribution in [3.8, 4) is 5.75 Å². The third kappa shape index (κ3) is 3.67. The summed E-state index contributed by atoms with van der Waals surface area (Å²) >= 11 is 5.82. The monoisotopic (exact) mass is 355 g/mol. The summed E-state index contributed by atoms with van der Waals surface area (Å²) in [5, 5.41) is 15.4. The molecule has 2 N–H and O–H groups in total. The molecule has 1 aliphatic carbocycles. The van der Waals surface area contributed by atoms with Crippen molar-refractivity contribution in [2.24, 2.45) is 0 Å². The Bertz CT molecular complexity index is 885. The summed E-state index contributed by atoms with van der Waals surface area (Å²) < 4.78 is 6.00. The van der Waals surface area contributed by atoms with Crippen LogP contribution in [0.1, 0.15) is 19.3 Å². The normalized spacial score (nSPS) is 19.9. The Balaban J connectivity index is 1.58. The van der Waals surface area contributed by atoms with Gasteiger partial charge in [-0.1, -0.05) is 11.6 Å². The number of pyridine rings is 2. The van der Waals surface area contributed by atoms with E-state index in [1.54, 1.807) is 18.5 Å². The van der Waals surface area contributed by atoms with Crippen molar-refractivity contribution in [1.29, 1.82) is 0 Å². The van der Waals surface area contributed by atoms with Gasteiger partial charge in [0.25, 0.3) is 0 Å². The molecular weight excluding hydrogens is 338 g/mol. The Kier molecular flexibility index (Phi) is 4.42. The highest BCUT2D eigenvalue weighted by atomic mass is 35.5. The van der Waals surface area contributed by atoms with E-state index in [0.29, 0.717) is 11.6 Å². The summed E-state index contributed by atoms with van der Waals surface area (Å²) in [4.78, 5) is 8.49. The molecule has 6 heteroatoms. The number of aliphatic hydroxyl groups is 1. The zero-order valence-electron chi connectivity index (χ0n) is 13.5. The maximum absolute atomic E-state index is 9.63. The third-order valence-electron chi connectivity index (χ3n) is 4.39. The molecular formula is C19H18ClN3O2. The molecule has 128 valence electrons. The Hall–Kier alpha value is -2.37. The van der Waals surface area contributed by atoms with Crippen molar-refractivity contribution in [2.45, 2.75) is 31.5 Å². The fourth-order valence-corrected chi connectivity index (χ4v) is 3.24. The van der Waals surface area contributed by atoms with Crippen molar-refractivity contribution in [1.82, 2.24) is 9.97 Å². The number of aliphatic hydroxyl groups excluding tert-OH is 1. The zero-order chi connectivity index (χ0) is 17.2. The predicted molar refractivity (Wildman–Crippen MR) is 98.5 cm³/mol. The molecule has 0 aliphatic heterocycles. The Morgan fingerprint density at radius 3 is 2.80 bits per heavy atom. The molecule has 2 atom stereocenters. The van der Waals surface area contributed by atoms with Crippen LogP contribution in [0.2, 0.25) is 5.15 Å². The Labute approximate surface area is 150 Å². The molecule has 1 saturated carbocycles. The molecule has 5 nitrogen and oxygen atoms in total. The fraction of sp³-hybridized carbons (Fsp3) is 0.263. The summed E-state index contributed by atoms with van der Waals surface area (Å²) in [5.74, 6) is 1.57. The lowest BCUT2D eigenvalue weighted by molar-refractivity contribution is 0.150. The summed E-state index contributed by atoms with van der Waals surface area (Å²) in [6.45, 7) is 0. The predicted octanol–water partition coefficient (Wildman–Crippen LogP) is 4.32. The molecule has 0 unspecified atom stereocenters. The molecule has 0 bridgehead atoms. The number of rotatable bonds is 4. The maximum Gasteiger partial charge on any atom is 0.138 e. The van der Waals surface area contributed by atoms with Crippen LogP contribution in [0.3, 0.4) is 0 Å². The van der Waals surface area contributed by atoms with Gasteiger partial charge in [0.05, 0.1) is 18.0 Å². The minimum atomic E-state index is -0.238. The Morgan fingerprint density at radius 2 is 2.04 bits per heavy atom. The molecule has 0 saturated heterocycles. The van der Waals surface area contributed by atoms with Crippen LogP contribution in [-0.2, 0) is 0 Å². The lowest BCUT2D eigenvalue weighted by atomic mass is 10.1. The number of nitrogens with zero attached hydrogens (tertiary/aromatic N) is 2. The number of nitrogens with one attached hydrogen (secondary N) is 1. The van der Waals surface area contributed by atoms with Gasteiger partial charge in [0.2, 0.25) is 0 Å². The van der Waals surface area contributed by atoms with Crippen LogP contribution in [0.4, 0.5) is 11.5 Å². The second-order valence-electron chi connectivity index (χ2n) is 6.24. The number of benzene rings is 1. The second-order valence-corrected chi connectivity index (χ2v) is 6.63. The van der Waals surface area contributed by atoms with Gasteiger partial charge in [-0.3, -0.25) is 0 Å². The topological polar surface area (TPSA) is 67.3 Å². The summed E-state index contributed by atoms with van der Waals surface area (Å²) in [6, 6.07) is 11.5. The molecule has 1 aromatic carbocycles. The maximum atomic E-state index is 9.63. The minimum Gasteiger partial charge on any atom is -0.490 e. The molecule has 0 spiro atoms. The summed E-state index contributed by atoms with van der Waals surface area (Å²) in [7, 11) is 0. The van der Waals surface area contributed by atoms with E-state index in [9.17, 15) is 5.11 Å². The summed E-state index contributed by atoms with van der Waals surface area (Å²) in [6.07, 6.45) is 5.69. The number of hydrogen-bond donors (Lipinski definition) is 2. The molecule has 2 heterocycles. The van der Waals surface area contributed by atoms with Gasteiger partial charge >= 0.3 is 0 Å². The van der Waals surface area contributed by atoms with E-state index in [1.807, 2.05) is 30.3 Å². The van der Waals surface area contributed by atoms with Crippen molar-refractivity contribution in [3.05, 3.63) is 53.9 Å². The first-order chi connectivity index (χ1) is 12.2. The van der Waals surface area contributed by atoms with Crippen molar-refractivity contribution in [3.63, 3.8) is 0 Å². The molecule has 2 aromatic heterocycles. The van der Waals surface area contributed by atoms with Gasteiger partial charge in [0.1, 0.15) is 22.8 Å². The van der Waals surface area contributed by atoms with E-state index in [2.05, 4.69) is 15.3 Å². The highest BCUT2D eigenvalue weighted by Gasteiger charge is 2.24. The van der Waals surface area contributed by atoms with Crippen LogP contribution in [-0.4, -0.2) is 27.3 Å². The first kappa shape index (κ1) is 16.1. The summed E-state index contributed by atoms with van der Waals surface area (Å²) in [5.41, 5.74) is 0.824. The van der Waals surface area contributed by atoms with E-state index in [0.717, 1.165) is 40.9 Å². The third-order valence-corrected chi connectivity index (χ3v) is 4.61. The largest absolute Gasteiger partial charge is 0.490 e. The molecule has 0 amide bonds. The number of aromatic nitrogens is 2. The molecule has 1 fully saturated rings. The number of halogens is 1. The quantitative estimate of drug-likeness (QED) is 0.682. The molecule has 1 aliphatic rings. The lowest BCUT2D eigenvalue weighted by Gasteiger charge is -2.14. The lowest BCUT2D eigenvalue weighted by Crippen LogP contribution is -2.13. The van der Waals surface area contributed by atoms with Crippen LogP contribution < -0.4 is 10.1 Å². The molecule has 3 aromatic rings. The van der Waals surface area contributed by atoms with Crippen LogP contribution in [0.5, 0.6) is 5.75 Å². The van der Waals surface area contributed by atoms with E-state index < -0.39 is 0 Å². The average Bonchev–Trinajstić information content (AvgIpc) is 3.02. The minimum absolute atomic E-state index is 0.0898. The number of hydrogen-bond acceptors (Lipinski definition) is 5. The second kappa shape index (κ2) is 6.86. The average molecular weight is 356 g/mol. The SMILES string of the molecule is O[C@H]1CC[C@@H](Oc2ccc3c(Nc4ccc(Cl)nc4)nccc3c2)C1. The van der Waals surface area contributed by atoms with Crippen molar-refractivity contribution in [2.75, 3.05) is 5.32 Å². The van der Waals surface area contributed by atoms with Crippen LogP contribution >= 0.6 is 11.6 Å². The first-order valence-corrected chi connectivity index (χ1v) is 8.67. The van der Waals surface area contributed by atoms with Gasteiger partial charge in [-0.05, 0) is 54.6 Å². The highest BCUT2D eigenvalue weighted by Crippen LogP contribution is 2.30. The van der Waals surface area contributed by atoms with Crippen LogP contribution in [0.15, 0.2) is 48.8 Å². The fourth-order valence-electron chi connectivity index (χ4n) is 3.13. The van der Waals surface area contributed by atoms with Gasteiger partial charge in [-0.15, -0.1) is 0 Å². The van der Waals surface area contributed by atoms with Crippen molar-refractivity contribution >= 4 is 33.9 Å². The van der Waals surface area contributed by atoms with Gasteiger partial charge in [0, 0.05) is 18.0 Å². The van der Waals surface area contributed by atoms with Crippen molar-refractivity contribution < 1.29 is 9.84 Å². The Morgan fingerprint density at radius 1 is 1.12 bits per heavy atom. The van der Waals surface area contributed by atoms with Crippen LogP contribution in [0, 0.1) is 0 Å². The standard InChI is InChI=1S/C19H18ClN3O2/c20-18-6-1-13(11-22-18)23-19-17-5-4-15(9-12(17)7-8-21-19)25-16-3-2-14(24)10-16/h1,4-9,11,14,16,24H,2-3,10H2,(H,21,23)/t14-,16+/m0/s1. The molecule has 4 rings (SSSR count). The number of fused-ring (bicyclic) bond motifs is 1. The number of ether oxygens (including phenoxy) is 1. The smallest absolute Gasteiger partial charge is 0.138 e. The zero-order valence-corrected chi connectivity index (χ0v) is 14.3. The van der Waals surface area contributed by atoms with E-state index in [1.165, 1.54) is 0 Å². The van der Waals surface area contributed by atoms with Gasteiger partial charge in [-0.2, -0.15) is 0 Å². The number of anilines is 2. The highest BCUT2D eigenvalue weighted by molar-refractivity contribution is 6.29. The van der Waals surface area contributed by atoms with E-state index >= 15 is 0 Å². The van der Waals surface area contributed by atoms with Gasteiger partial charge in [-0.25, -0.2) is 9.97 Å².